The van der Waals surface area contributed by atoms with Gasteiger partial charge in [0.15, 0.2) is 0 Å². The number of hydrogen-bond donors (Lipinski definition) is 0. The van der Waals surface area contributed by atoms with Crippen molar-refractivity contribution in [3.05, 3.63) is 64.8 Å². The lowest BCUT2D eigenvalue weighted by Gasteiger charge is -2.21. The Balaban J connectivity index is 1.72. The van der Waals surface area contributed by atoms with Crippen LogP contribution >= 0.6 is 23.1 Å². The average Bonchev–Trinajstić information content (AvgIpc) is 3.00. The zero-order chi connectivity index (χ0) is 20.1. The third-order valence-electron chi connectivity index (χ3n) is 4.42. The van der Waals surface area contributed by atoms with Gasteiger partial charge in [-0.25, -0.2) is 9.97 Å². The van der Waals surface area contributed by atoms with Crippen molar-refractivity contribution in [1.29, 1.82) is 5.26 Å². The van der Waals surface area contributed by atoms with Crippen LogP contribution in [-0.4, -0.2) is 33.1 Å². The standard InChI is InChI=1S/C21H20N4OS2/c1-4-9-25(11-17-7-5-16(10-22)6-8-17)18(26)12-27-20-19-14(2)15(3)28-21(19)24-13-23-20/h4-8,13H,1,9,11-12H2,2-3H3. The number of aryl methyl sites for hydroxylation is 2. The Morgan fingerprint density at radius 1 is 1.32 bits per heavy atom. The number of hydrogen-bond acceptors (Lipinski definition) is 6. The fraction of sp³-hybridized carbons (Fsp3) is 0.238. The molecule has 1 amide bonds. The number of benzene rings is 1. The second kappa shape index (κ2) is 9.00. The third-order valence-corrected chi connectivity index (χ3v) is 6.51. The second-order valence-corrected chi connectivity index (χ2v) is 8.47. The van der Waals surface area contributed by atoms with Gasteiger partial charge in [-0.05, 0) is 37.1 Å². The molecule has 28 heavy (non-hydrogen) atoms. The molecule has 0 unspecified atom stereocenters. The van der Waals surface area contributed by atoms with Crippen LogP contribution in [0.4, 0.5) is 0 Å². The Kier molecular flexibility index (Phi) is 6.45. The maximum atomic E-state index is 12.8. The molecule has 0 saturated carbocycles. The molecule has 0 fully saturated rings. The normalized spacial score (nSPS) is 10.6. The number of aromatic nitrogens is 2. The van der Waals surface area contributed by atoms with Crippen molar-refractivity contribution in [3.8, 4) is 6.07 Å². The molecule has 0 saturated heterocycles. The molecular weight excluding hydrogens is 388 g/mol. The molecule has 2 heterocycles. The number of nitrogens with zero attached hydrogens (tertiary/aromatic N) is 4. The molecule has 1 aromatic carbocycles. The van der Waals surface area contributed by atoms with Crippen molar-refractivity contribution in [1.82, 2.24) is 14.9 Å². The summed E-state index contributed by atoms with van der Waals surface area (Å²) in [4.78, 5) is 25.5. The number of amides is 1. The van der Waals surface area contributed by atoms with E-state index in [9.17, 15) is 4.79 Å². The first-order valence-electron chi connectivity index (χ1n) is 8.74. The Hall–Kier alpha value is -2.69. The fourth-order valence-corrected chi connectivity index (χ4v) is 4.82. The lowest BCUT2D eigenvalue weighted by Crippen LogP contribution is -2.32. The van der Waals surface area contributed by atoms with Gasteiger partial charge in [0.05, 0.1) is 17.4 Å². The molecule has 0 atom stereocenters. The van der Waals surface area contributed by atoms with Gasteiger partial charge < -0.3 is 4.90 Å². The highest BCUT2D eigenvalue weighted by atomic mass is 32.2. The van der Waals surface area contributed by atoms with E-state index in [4.69, 9.17) is 5.26 Å². The van der Waals surface area contributed by atoms with Gasteiger partial charge >= 0.3 is 0 Å². The Morgan fingerprint density at radius 2 is 2.07 bits per heavy atom. The van der Waals surface area contributed by atoms with E-state index >= 15 is 0 Å². The number of rotatable bonds is 7. The van der Waals surface area contributed by atoms with Gasteiger partial charge in [0.2, 0.25) is 5.91 Å². The maximum Gasteiger partial charge on any atom is 0.233 e. The molecule has 2 aromatic heterocycles. The first kappa shape index (κ1) is 20.1. The predicted octanol–water partition coefficient (Wildman–Crippen LogP) is 4.49. The molecule has 0 bridgehead atoms. The molecule has 0 radical (unpaired) electrons. The van der Waals surface area contributed by atoms with Crippen LogP contribution in [0.1, 0.15) is 21.6 Å². The Labute approximate surface area is 172 Å². The first-order valence-corrected chi connectivity index (χ1v) is 10.5. The number of thioether (sulfide) groups is 1. The van der Waals surface area contributed by atoms with E-state index in [1.54, 1.807) is 40.8 Å². The first-order chi connectivity index (χ1) is 13.5. The van der Waals surface area contributed by atoms with E-state index in [2.05, 4.69) is 36.5 Å². The van der Waals surface area contributed by atoms with Gasteiger partial charge in [0, 0.05) is 23.4 Å². The Morgan fingerprint density at radius 3 is 2.75 bits per heavy atom. The smallest absolute Gasteiger partial charge is 0.233 e. The lowest BCUT2D eigenvalue weighted by atomic mass is 10.1. The highest BCUT2D eigenvalue weighted by Crippen LogP contribution is 2.34. The molecule has 0 aliphatic rings. The van der Waals surface area contributed by atoms with Gasteiger partial charge in [0.1, 0.15) is 16.2 Å². The quantitative estimate of drug-likeness (QED) is 0.327. The van der Waals surface area contributed by atoms with E-state index in [1.165, 1.54) is 22.2 Å². The third kappa shape index (κ3) is 4.41. The number of fused-ring (bicyclic) bond motifs is 1. The summed E-state index contributed by atoms with van der Waals surface area (Å²) < 4.78 is 0. The molecule has 7 heteroatoms. The summed E-state index contributed by atoms with van der Waals surface area (Å²) in [5, 5.41) is 10.8. The van der Waals surface area contributed by atoms with Gasteiger partial charge in [-0.3, -0.25) is 4.79 Å². The monoisotopic (exact) mass is 408 g/mol. The average molecular weight is 409 g/mol. The van der Waals surface area contributed by atoms with Crippen molar-refractivity contribution in [2.24, 2.45) is 0 Å². The predicted molar refractivity (Wildman–Crippen MR) is 114 cm³/mol. The van der Waals surface area contributed by atoms with E-state index in [0.29, 0.717) is 24.4 Å². The van der Waals surface area contributed by atoms with Crippen LogP contribution in [0.3, 0.4) is 0 Å². The van der Waals surface area contributed by atoms with Gasteiger partial charge in [-0.15, -0.1) is 17.9 Å². The van der Waals surface area contributed by atoms with Crippen molar-refractivity contribution in [3.63, 3.8) is 0 Å². The number of thiophene rings is 1. The minimum atomic E-state index is 0.0191. The fourth-order valence-electron chi connectivity index (χ4n) is 2.80. The van der Waals surface area contributed by atoms with E-state index in [0.717, 1.165) is 20.8 Å². The molecule has 5 nitrogen and oxygen atoms in total. The summed E-state index contributed by atoms with van der Waals surface area (Å²) in [5.41, 5.74) is 2.76. The van der Waals surface area contributed by atoms with E-state index < -0.39 is 0 Å². The molecule has 3 rings (SSSR count). The van der Waals surface area contributed by atoms with Crippen LogP contribution in [0.15, 0.2) is 48.3 Å². The van der Waals surface area contributed by atoms with Crippen LogP contribution < -0.4 is 0 Å². The number of carbonyl (C=O) groups is 1. The highest BCUT2D eigenvalue weighted by molar-refractivity contribution is 8.00. The largest absolute Gasteiger partial charge is 0.334 e. The second-order valence-electron chi connectivity index (χ2n) is 6.30. The summed E-state index contributed by atoms with van der Waals surface area (Å²) in [6.07, 6.45) is 3.28. The molecular formula is C21H20N4OS2. The molecule has 0 N–H and O–H groups in total. The van der Waals surface area contributed by atoms with E-state index in [-0.39, 0.29) is 5.91 Å². The molecule has 142 valence electrons. The summed E-state index contributed by atoms with van der Waals surface area (Å²) in [6.45, 7) is 8.85. The maximum absolute atomic E-state index is 12.8. The molecule has 3 aromatic rings. The zero-order valence-corrected chi connectivity index (χ0v) is 17.4. The minimum Gasteiger partial charge on any atom is -0.334 e. The van der Waals surface area contributed by atoms with Crippen molar-refractivity contribution in [2.45, 2.75) is 25.4 Å². The van der Waals surface area contributed by atoms with Crippen molar-refractivity contribution >= 4 is 39.2 Å². The van der Waals surface area contributed by atoms with E-state index in [1.807, 2.05) is 12.1 Å². The van der Waals surface area contributed by atoms with Gasteiger partial charge in [-0.2, -0.15) is 5.26 Å². The van der Waals surface area contributed by atoms with Crippen molar-refractivity contribution in [2.75, 3.05) is 12.3 Å². The van der Waals surface area contributed by atoms with Crippen LogP contribution in [0.25, 0.3) is 10.2 Å². The van der Waals surface area contributed by atoms with Crippen LogP contribution in [0.2, 0.25) is 0 Å². The van der Waals surface area contributed by atoms with Crippen LogP contribution in [0.5, 0.6) is 0 Å². The minimum absolute atomic E-state index is 0.0191. The highest BCUT2D eigenvalue weighted by Gasteiger charge is 2.17. The Bertz CT molecular complexity index is 1050. The summed E-state index contributed by atoms with van der Waals surface area (Å²) in [7, 11) is 0. The lowest BCUT2D eigenvalue weighted by molar-refractivity contribution is -0.128. The van der Waals surface area contributed by atoms with Gasteiger partial charge in [-0.1, -0.05) is 30.0 Å². The summed E-state index contributed by atoms with van der Waals surface area (Å²) in [6, 6.07) is 9.38. The SMILES string of the molecule is C=CCN(Cc1ccc(C#N)cc1)C(=O)CSc1ncnc2sc(C)c(C)c12. The summed E-state index contributed by atoms with van der Waals surface area (Å²) in [5.74, 6) is 0.315. The molecule has 0 aliphatic carbocycles. The number of carbonyl (C=O) groups excluding carboxylic acids is 1. The number of nitriles is 1. The van der Waals surface area contributed by atoms with Crippen LogP contribution in [-0.2, 0) is 11.3 Å². The van der Waals surface area contributed by atoms with Crippen LogP contribution in [0, 0.1) is 25.2 Å². The molecule has 0 aliphatic heterocycles. The zero-order valence-electron chi connectivity index (χ0n) is 15.8. The molecule has 0 spiro atoms. The van der Waals surface area contributed by atoms with Gasteiger partial charge in [0.25, 0.3) is 0 Å². The summed E-state index contributed by atoms with van der Waals surface area (Å²) >= 11 is 3.09. The van der Waals surface area contributed by atoms with Crippen molar-refractivity contribution < 1.29 is 4.79 Å². The topological polar surface area (TPSA) is 69.9 Å².